The molecular formula is C22H39N5O8. The van der Waals surface area contributed by atoms with Gasteiger partial charge in [-0.15, -0.1) is 0 Å². The maximum absolute atomic E-state index is 12.7. The monoisotopic (exact) mass is 501 g/mol. The zero-order chi connectivity index (χ0) is 27.3. The second-order valence-corrected chi connectivity index (χ2v) is 9.60. The van der Waals surface area contributed by atoms with Crippen LogP contribution in [-0.4, -0.2) is 70.9 Å². The van der Waals surface area contributed by atoms with Gasteiger partial charge in [-0.25, -0.2) is 4.79 Å². The highest BCUT2D eigenvalue weighted by Crippen LogP contribution is 2.11. The molecule has 13 nitrogen and oxygen atoms in total. The standard InChI is InChI=1S/C22H39N5O8/c1-12(2)10-13(23)19(31)27-14(7-9-18(30)35-22(3,4)5)20(32)25-11-17(29)26-15(21(33)34)6-8-16(24)28/h12-15H,6-11,23H2,1-5H3,(H2,24,28)(H,25,32)(H,26,29)(H,27,31)(H,33,34)/t13-,14-,15-/m0/s1. The first-order chi connectivity index (χ1) is 16.0. The largest absolute Gasteiger partial charge is 0.480 e. The third-order valence-corrected chi connectivity index (χ3v) is 4.49. The van der Waals surface area contributed by atoms with Gasteiger partial charge in [-0.3, -0.25) is 24.0 Å². The van der Waals surface area contributed by atoms with Crippen molar-refractivity contribution in [3.05, 3.63) is 0 Å². The Morgan fingerprint density at radius 3 is 1.97 bits per heavy atom. The van der Waals surface area contributed by atoms with Gasteiger partial charge in [-0.1, -0.05) is 13.8 Å². The Morgan fingerprint density at radius 1 is 0.914 bits per heavy atom. The molecule has 0 radical (unpaired) electrons. The number of primary amides is 1. The van der Waals surface area contributed by atoms with Gasteiger partial charge in [0.05, 0.1) is 12.6 Å². The average molecular weight is 502 g/mol. The summed E-state index contributed by atoms with van der Waals surface area (Å²) in [5.41, 5.74) is 10.1. The van der Waals surface area contributed by atoms with Crippen LogP contribution in [0.4, 0.5) is 0 Å². The number of hydrogen-bond acceptors (Lipinski definition) is 8. The number of nitrogens with one attached hydrogen (secondary N) is 3. The Hall–Kier alpha value is -3.22. The van der Waals surface area contributed by atoms with Crippen LogP contribution in [0.3, 0.4) is 0 Å². The quantitative estimate of drug-likeness (QED) is 0.150. The highest BCUT2D eigenvalue weighted by Gasteiger charge is 2.27. The number of carbonyl (C=O) groups is 6. The van der Waals surface area contributed by atoms with Crippen molar-refractivity contribution in [2.75, 3.05) is 6.54 Å². The van der Waals surface area contributed by atoms with Crippen molar-refractivity contribution in [2.24, 2.45) is 17.4 Å². The third kappa shape index (κ3) is 15.3. The fourth-order valence-corrected chi connectivity index (χ4v) is 2.90. The maximum atomic E-state index is 12.7. The van der Waals surface area contributed by atoms with Crippen molar-refractivity contribution in [1.82, 2.24) is 16.0 Å². The van der Waals surface area contributed by atoms with Gasteiger partial charge in [-0.05, 0) is 46.0 Å². The Bertz CT molecular complexity index is 778. The number of carboxylic acids is 1. The van der Waals surface area contributed by atoms with Crippen molar-refractivity contribution >= 4 is 35.6 Å². The minimum absolute atomic E-state index is 0.112. The smallest absolute Gasteiger partial charge is 0.326 e. The zero-order valence-corrected chi connectivity index (χ0v) is 21.0. The van der Waals surface area contributed by atoms with E-state index >= 15 is 0 Å². The van der Waals surface area contributed by atoms with Gasteiger partial charge in [0.15, 0.2) is 0 Å². The number of carbonyl (C=O) groups excluding carboxylic acids is 5. The van der Waals surface area contributed by atoms with Gasteiger partial charge in [-0.2, -0.15) is 0 Å². The van der Waals surface area contributed by atoms with Crippen molar-refractivity contribution in [3.63, 3.8) is 0 Å². The fraction of sp³-hybridized carbons (Fsp3) is 0.727. The maximum Gasteiger partial charge on any atom is 0.326 e. The van der Waals surface area contributed by atoms with E-state index in [1.807, 2.05) is 13.8 Å². The second-order valence-electron chi connectivity index (χ2n) is 9.60. The van der Waals surface area contributed by atoms with Crippen LogP contribution >= 0.6 is 0 Å². The fourth-order valence-electron chi connectivity index (χ4n) is 2.90. The molecule has 0 fully saturated rings. The van der Waals surface area contributed by atoms with Crippen LogP contribution in [-0.2, 0) is 33.5 Å². The van der Waals surface area contributed by atoms with E-state index in [1.54, 1.807) is 20.8 Å². The topological polar surface area (TPSA) is 220 Å². The third-order valence-electron chi connectivity index (χ3n) is 4.49. The first kappa shape index (κ1) is 31.8. The molecule has 0 rings (SSSR count). The number of nitrogens with two attached hydrogens (primary N) is 2. The molecule has 0 aliphatic rings. The van der Waals surface area contributed by atoms with E-state index in [0.29, 0.717) is 6.42 Å². The molecular weight excluding hydrogens is 462 g/mol. The lowest BCUT2D eigenvalue weighted by Crippen LogP contribution is -2.53. The molecule has 4 amide bonds. The highest BCUT2D eigenvalue weighted by molar-refractivity contribution is 5.93. The van der Waals surface area contributed by atoms with Gasteiger partial charge in [0, 0.05) is 12.8 Å². The zero-order valence-electron chi connectivity index (χ0n) is 21.0. The number of hydrogen-bond donors (Lipinski definition) is 6. The molecule has 0 aliphatic heterocycles. The Labute approximate surface area is 205 Å². The summed E-state index contributed by atoms with van der Waals surface area (Å²) in [4.78, 5) is 71.4. The van der Waals surface area contributed by atoms with E-state index in [2.05, 4.69) is 16.0 Å². The molecule has 0 saturated heterocycles. The van der Waals surface area contributed by atoms with Gasteiger partial charge >= 0.3 is 11.9 Å². The number of aliphatic carboxylic acids is 1. The number of ether oxygens (including phenoxy) is 1. The average Bonchev–Trinajstić information content (AvgIpc) is 2.69. The molecule has 13 heteroatoms. The summed E-state index contributed by atoms with van der Waals surface area (Å²) in [7, 11) is 0. The summed E-state index contributed by atoms with van der Waals surface area (Å²) in [6.45, 7) is 8.23. The predicted molar refractivity (Wildman–Crippen MR) is 125 cm³/mol. The molecule has 0 bridgehead atoms. The minimum Gasteiger partial charge on any atom is -0.480 e. The summed E-state index contributed by atoms with van der Waals surface area (Å²) in [6.07, 6.45) is -0.392. The van der Waals surface area contributed by atoms with E-state index in [0.717, 1.165) is 0 Å². The summed E-state index contributed by atoms with van der Waals surface area (Å²) in [5, 5.41) is 16.1. The number of carboxylic acid groups (broad SMARTS) is 1. The van der Waals surface area contributed by atoms with Crippen LogP contribution < -0.4 is 27.4 Å². The van der Waals surface area contributed by atoms with Crippen LogP contribution in [0.1, 0.15) is 66.7 Å². The first-order valence-corrected chi connectivity index (χ1v) is 11.4. The summed E-state index contributed by atoms with van der Waals surface area (Å²) < 4.78 is 5.22. The highest BCUT2D eigenvalue weighted by atomic mass is 16.6. The number of amides is 4. The van der Waals surface area contributed by atoms with Crippen LogP contribution in [0.15, 0.2) is 0 Å². The van der Waals surface area contributed by atoms with E-state index in [9.17, 15) is 28.8 Å². The molecule has 0 aromatic rings. The molecule has 8 N–H and O–H groups in total. The van der Waals surface area contributed by atoms with Crippen molar-refractivity contribution < 1.29 is 38.6 Å². The molecule has 0 saturated carbocycles. The molecule has 0 aromatic carbocycles. The normalized spacial score (nSPS) is 13.8. The van der Waals surface area contributed by atoms with Crippen molar-refractivity contribution in [2.45, 2.75) is 90.4 Å². The molecule has 0 unspecified atom stereocenters. The summed E-state index contributed by atoms with van der Waals surface area (Å²) in [6, 6.07) is -3.44. The Morgan fingerprint density at radius 2 is 1.49 bits per heavy atom. The minimum atomic E-state index is -1.37. The van der Waals surface area contributed by atoms with Gasteiger partial charge in [0.2, 0.25) is 23.6 Å². The molecule has 0 heterocycles. The van der Waals surface area contributed by atoms with E-state index < -0.39 is 65.8 Å². The molecule has 3 atom stereocenters. The van der Waals surface area contributed by atoms with E-state index in [4.69, 9.17) is 21.3 Å². The molecule has 0 aliphatic carbocycles. The predicted octanol–water partition coefficient (Wildman–Crippen LogP) is -1.08. The number of rotatable bonds is 15. The van der Waals surface area contributed by atoms with Crippen LogP contribution in [0, 0.1) is 5.92 Å². The van der Waals surface area contributed by atoms with E-state index in [1.165, 1.54) is 0 Å². The molecule has 0 spiro atoms. The lowest BCUT2D eigenvalue weighted by Gasteiger charge is -2.23. The number of esters is 1. The van der Waals surface area contributed by atoms with Gasteiger partial charge < -0.3 is 37.3 Å². The summed E-state index contributed by atoms with van der Waals surface area (Å²) in [5.74, 6) is -4.73. The van der Waals surface area contributed by atoms with Crippen LogP contribution in [0.25, 0.3) is 0 Å². The lowest BCUT2D eigenvalue weighted by atomic mass is 10.0. The first-order valence-electron chi connectivity index (χ1n) is 11.4. The molecule has 35 heavy (non-hydrogen) atoms. The van der Waals surface area contributed by atoms with Gasteiger partial charge in [0.25, 0.3) is 0 Å². The SMILES string of the molecule is CC(C)C[C@H](N)C(=O)N[C@@H](CCC(=O)OC(C)(C)C)C(=O)NCC(=O)N[C@@H](CCC(N)=O)C(=O)O. The van der Waals surface area contributed by atoms with Crippen LogP contribution in [0.5, 0.6) is 0 Å². The lowest BCUT2D eigenvalue weighted by molar-refractivity contribution is -0.155. The van der Waals surface area contributed by atoms with Gasteiger partial charge in [0.1, 0.15) is 17.7 Å². The van der Waals surface area contributed by atoms with Crippen molar-refractivity contribution in [1.29, 1.82) is 0 Å². The van der Waals surface area contributed by atoms with Crippen LogP contribution in [0.2, 0.25) is 0 Å². The second kappa shape index (κ2) is 14.9. The Kier molecular flexibility index (Phi) is 13.5. The Balaban J connectivity index is 5.15. The summed E-state index contributed by atoms with van der Waals surface area (Å²) >= 11 is 0. The van der Waals surface area contributed by atoms with E-state index in [-0.39, 0.29) is 31.6 Å². The molecule has 200 valence electrons. The molecule has 0 aromatic heterocycles. The van der Waals surface area contributed by atoms with Crippen molar-refractivity contribution in [3.8, 4) is 0 Å².